The molecule has 0 atom stereocenters. The van der Waals surface area contributed by atoms with Crippen molar-refractivity contribution in [3.05, 3.63) is 53.7 Å². The highest BCUT2D eigenvalue weighted by Crippen LogP contribution is 2.12. The lowest BCUT2D eigenvalue weighted by Gasteiger charge is -2.02. The molecule has 2 rings (SSSR count). The Balaban J connectivity index is 2.13. The number of furan rings is 1. The van der Waals surface area contributed by atoms with E-state index >= 15 is 0 Å². The first kappa shape index (κ1) is 10.4. The molecule has 4 heteroatoms. The molecule has 1 amide bonds. The van der Waals surface area contributed by atoms with Gasteiger partial charge in [0.1, 0.15) is 5.82 Å². The third kappa shape index (κ3) is 2.28. The van der Waals surface area contributed by atoms with Crippen LogP contribution in [0.2, 0.25) is 0 Å². The molecule has 0 aliphatic carbocycles. The molecule has 1 heterocycles. The SMILES string of the molecule is Cc1coc(C(=O)Nc2cccc(F)c2)c1. The van der Waals surface area contributed by atoms with E-state index in [-0.39, 0.29) is 5.76 Å². The number of halogens is 1. The Hall–Kier alpha value is -2.10. The quantitative estimate of drug-likeness (QED) is 0.843. The van der Waals surface area contributed by atoms with Crippen molar-refractivity contribution >= 4 is 11.6 Å². The lowest BCUT2D eigenvalue weighted by molar-refractivity contribution is 0.0996. The van der Waals surface area contributed by atoms with Gasteiger partial charge in [0.15, 0.2) is 5.76 Å². The highest BCUT2D eigenvalue weighted by Gasteiger charge is 2.10. The van der Waals surface area contributed by atoms with Gasteiger partial charge in [-0.2, -0.15) is 0 Å². The molecule has 2 aromatic rings. The van der Waals surface area contributed by atoms with Gasteiger partial charge in [-0.25, -0.2) is 4.39 Å². The van der Waals surface area contributed by atoms with Gasteiger partial charge in [0, 0.05) is 5.69 Å². The van der Waals surface area contributed by atoms with Crippen molar-refractivity contribution < 1.29 is 13.6 Å². The molecule has 82 valence electrons. The van der Waals surface area contributed by atoms with Gasteiger partial charge in [-0.05, 0) is 36.8 Å². The first-order chi connectivity index (χ1) is 7.65. The number of hydrogen-bond donors (Lipinski definition) is 1. The van der Waals surface area contributed by atoms with Crippen LogP contribution in [0.15, 0.2) is 41.0 Å². The van der Waals surface area contributed by atoms with Gasteiger partial charge in [-0.15, -0.1) is 0 Å². The van der Waals surface area contributed by atoms with E-state index < -0.39 is 11.7 Å². The normalized spacial score (nSPS) is 10.1. The van der Waals surface area contributed by atoms with Crippen LogP contribution in [0.1, 0.15) is 16.1 Å². The Labute approximate surface area is 91.9 Å². The van der Waals surface area contributed by atoms with Crippen molar-refractivity contribution in [3.63, 3.8) is 0 Å². The van der Waals surface area contributed by atoms with Crippen LogP contribution in [0.25, 0.3) is 0 Å². The molecule has 0 fully saturated rings. The summed E-state index contributed by atoms with van der Waals surface area (Å²) in [4.78, 5) is 11.6. The summed E-state index contributed by atoms with van der Waals surface area (Å²) in [5, 5.41) is 2.54. The van der Waals surface area contributed by atoms with Crippen molar-refractivity contribution in [1.29, 1.82) is 0 Å². The zero-order chi connectivity index (χ0) is 11.5. The number of carbonyl (C=O) groups is 1. The molecule has 1 aromatic heterocycles. The highest BCUT2D eigenvalue weighted by atomic mass is 19.1. The molecular formula is C12H10FNO2. The van der Waals surface area contributed by atoms with Crippen LogP contribution in [0.5, 0.6) is 0 Å². The van der Waals surface area contributed by atoms with Gasteiger partial charge in [-0.1, -0.05) is 6.07 Å². The fourth-order valence-corrected chi connectivity index (χ4v) is 1.31. The molecule has 16 heavy (non-hydrogen) atoms. The van der Waals surface area contributed by atoms with Crippen molar-refractivity contribution in [2.24, 2.45) is 0 Å². The monoisotopic (exact) mass is 219 g/mol. The molecule has 3 nitrogen and oxygen atoms in total. The van der Waals surface area contributed by atoms with E-state index in [2.05, 4.69) is 5.32 Å². The molecule has 0 saturated heterocycles. The van der Waals surface area contributed by atoms with Crippen LogP contribution in [0, 0.1) is 12.7 Å². The number of aryl methyl sites for hydroxylation is 1. The van der Waals surface area contributed by atoms with Crippen molar-refractivity contribution in [1.82, 2.24) is 0 Å². The van der Waals surface area contributed by atoms with Crippen molar-refractivity contribution in [2.75, 3.05) is 5.32 Å². The van der Waals surface area contributed by atoms with E-state index in [1.165, 1.54) is 24.5 Å². The number of amides is 1. The number of hydrogen-bond acceptors (Lipinski definition) is 2. The smallest absolute Gasteiger partial charge is 0.291 e. The molecule has 0 radical (unpaired) electrons. The first-order valence-electron chi connectivity index (χ1n) is 4.77. The van der Waals surface area contributed by atoms with Gasteiger partial charge < -0.3 is 9.73 Å². The Bertz CT molecular complexity index is 519. The van der Waals surface area contributed by atoms with Crippen LogP contribution < -0.4 is 5.32 Å². The fraction of sp³-hybridized carbons (Fsp3) is 0.0833. The van der Waals surface area contributed by atoms with Gasteiger partial charge in [-0.3, -0.25) is 4.79 Å². The molecule has 0 unspecified atom stereocenters. The lowest BCUT2D eigenvalue weighted by Crippen LogP contribution is -2.10. The van der Waals surface area contributed by atoms with Gasteiger partial charge >= 0.3 is 0 Å². The first-order valence-corrected chi connectivity index (χ1v) is 4.77. The van der Waals surface area contributed by atoms with E-state index in [9.17, 15) is 9.18 Å². The summed E-state index contributed by atoms with van der Waals surface area (Å²) >= 11 is 0. The Morgan fingerprint density at radius 2 is 2.19 bits per heavy atom. The number of benzene rings is 1. The number of rotatable bonds is 2. The third-order valence-corrected chi connectivity index (χ3v) is 2.04. The van der Waals surface area contributed by atoms with Crippen LogP contribution in [0.3, 0.4) is 0 Å². The Morgan fingerprint density at radius 3 is 2.81 bits per heavy atom. The summed E-state index contributed by atoms with van der Waals surface area (Å²) in [6, 6.07) is 7.31. The maximum absolute atomic E-state index is 12.8. The largest absolute Gasteiger partial charge is 0.459 e. The van der Waals surface area contributed by atoms with Crippen LogP contribution in [-0.4, -0.2) is 5.91 Å². The predicted octanol–water partition coefficient (Wildman–Crippen LogP) is 2.98. The van der Waals surface area contributed by atoms with E-state index in [1.807, 2.05) is 6.92 Å². The fourth-order valence-electron chi connectivity index (χ4n) is 1.31. The van der Waals surface area contributed by atoms with Crippen LogP contribution in [0.4, 0.5) is 10.1 Å². The third-order valence-electron chi connectivity index (χ3n) is 2.04. The summed E-state index contributed by atoms with van der Waals surface area (Å²) in [5.41, 5.74) is 1.27. The molecule has 1 aromatic carbocycles. The molecule has 0 aliphatic heterocycles. The molecule has 0 aliphatic rings. The second-order valence-electron chi connectivity index (χ2n) is 3.45. The van der Waals surface area contributed by atoms with Gasteiger partial charge in [0.25, 0.3) is 5.91 Å². The molecule has 0 bridgehead atoms. The summed E-state index contributed by atoms with van der Waals surface area (Å²) in [7, 11) is 0. The second-order valence-corrected chi connectivity index (χ2v) is 3.45. The van der Waals surface area contributed by atoms with E-state index in [1.54, 1.807) is 12.1 Å². The minimum absolute atomic E-state index is 0.210. The maximum atomic E-state index is 12.8. The van der Waals surface area contributed by atoms with Crippen LogP contribution >= 0.6 is 0 Å². The lowest BCUT2D eigenvalue weighted by atomic mass is 10.3. The zero-order valence-corrected chi connectivity index (χ0v) is 8.66. The average molecular weight is 219 g/mol. The standard InChI is InChI=1S/C12H10FNO2/c1-8-5-11(16-7-8)12(15)14-10-4-2-3-9(13)6-10/h2-7H,1H3,(H,14,15). The molecule has 1 N–H and O–H groups in total. The highest BCUT2D eigenvalue weighted by molar-refractivity contribution is 6.02. The van der Waals surface area contributed by atoms with E-state index in [4.69, 9.17) is 4.42 Å². The average Bonchev–Trinajstić information content (AvgIpc) is 2.65. The molecular weight excluding hydrogens is 209 g/mol. The van der Waals surface area contributed by atoms with Crippen LogP contribution in [-0.2, 0) is 0 Å². The van der Waals surface area contributed by atoms with Crippen molar-refractivity contribution in [2.45, 2.75) is 6.92 Å². The van der Waals surface area contributed by atoms with E-state index in [0.29, 0.717) is 5.69 Å². The summed E-state index contributed by atoms with van der Waals surface area (Å²) < 4.78 is 17.9. The summed E-state index contributed by atoms with van der Waals surface area (Å²) in [6.45, 7) is 1.82. The Morgan fingerprint density at radius 1 is 1.38 bits per heavy atom. The number of nitrogens with one attached hydrogen (secondary N) is 1. The number of carbonyl (C=O) groups excluding carboxylic acids is 1. The topological polar surface area (TPSA) is 42.2 Å². The minimum atomic E-state index is -0.395. The van der Waals surface area contributed by atoms with Gasteiger partial charge in [0.2, 0.25) is 0 Å². The predicted molar refractivity (Wildman–Crippen MR) is 57.8 cm³/mol. The number of anilines is 1. The summed E-state index contributed by atoms with van der Waals surface area (Å²) in [6.07, 6.45) is 1.49. The molecule has 0 saturated carbocycles. The maximum Gasteiger partial charge on any atom is 0.291 e. The second kappa shape index (κ2) is 4.18. The van der Waals surface area contributed by atoms with Crippen molar-refractivity contribution in [3.8, 4) is 0 Å². The minimum Gasteiger partial charge on any atom is -0.459 e. The zero-order valence-electron chi connectivity index (χ0n) is 8.66. The summed E-state index contributed by atoms with van der Waals surface area (Å²) in [5.74, 6) is -0.575. The van der Waals surface area contributed by atoms with E-state index in [0.717, 1.165) is 5.56 Å². The van der Waals surface area contributed by atoms with Gasteiger partial charge in [0.05, 0.1) is 6.26 Å². The Kier molecular flexibility index (Phi) is 2.72. The molecule has 0 spiro atoms.